The molecule has 0 unspecified atom stereocenters. The van der Waals surface area contributed by atoms with Crippen LogP contribution in [-0.4, -0.2) is 0 Å². The normalized spacial score (nSPS) is 10.3. The summed E-state index contributed by atoms with van der Waals surface area (Å²) in [6.45, 7) is 5.42. The molecule has 6 rings (SSSR count). The van der Waals surface area contributed by atoms with Crippen LogP contribution in [0.1, 0.15) is 6.92 Å². The van der Waals surface area contributed by atoms with Crippen LogP contribution in [0.5, 0.6) is 0 Å². The van der Waals surface area contributed by atoms with E-state index in [4.69, 9.17) is 0 Å². The molecule has 0 bridgehead atoms. The van der Waals surface area contributed by atoms with Gasteiger partial charge in [0.25, 0.3) is 0 Å². The van der Waals surface area contributed by atoms with Gasteiger partial charge in [-0.15, -0.1) is 70.0 Å². The Kier molecular flexibility index (Phi) is 11.5. The second-order valence-electron chi connectivity index (χ2n) is 8.27. The van der Waals surface area contributed by atoms with Gasteiger partial charge in [0.2, 0.25) is 0 Å². The van der Waals surface area contributed by atoms with Gasteiger partial charge in [0, 0.05) is 0 Å². The minimum atomic E-state index is -0.493. The molecule has 0 amide bonds. The van der Waals surface area contributed by atoms with E-state index in [1.54, 1.807) is 6.08 Å². The molecule has 2 heteroatoms. The Morgan fingerprint density at radius 1 is 0.649 bits per heavy atom. The van der Waals surface area contributed by atoms with Crippen molar-refractivity contribution < 1.29 is 21.7 Å². The van der Waals surface area contributed by atoms with E-state index in [-0.39, 0.29) is 21.7 Å². The molecular formula is C35H31PTi. The van der Waals surface area contributed by atoms with Crippen LogP contribution in [0.2, 0.25) is 0 Å². The van der Waals surface area contributed by atoms with E-state index < -0.39 is 7.92 Å². The monoisotopic (exact) mass is 530 g/mol. The van der Waals surface area contributed by atoms with Gasteiger partial charge in [-0.1, -0.05) is 97.6 Å². The molecule has 0 heterocycles. The van der Waals surface area contributed by atoms with Crippen molar-refractivity contribution in [3.63, 3.8) is 0 Å². The van der Waals surface area contributed by atoms with Gasteiger partial charge >= 0.3 is 21.7 Å². The maximum atomic E-state index is 3.46. The molecule has 0 aliphatic rings. The van der Waals surface area contributed by atoms with Crippen molar-refractivity contribution in [3.05, 3.63) is 164 Å². The number of rotatable bonds is 4. The number of allylic oxidation sites excluding steroid dienone is 3. The van der Waals surface area contributed by atoms with Crippen LogP contribution in [0.25, 0.3) is 21.5 Å². The minimum Gasteiger partial charge on any atom is -0.168 e. The summed E-state index contributed by atoms with van der Waals surface area (Å²) in [5, 5.41) is 9.55. The van der Waals surface area contributed by atoms with E-state index in [1.807, 2.05) is 19.1 Å². The smallest absolute Gasteiger partial charge is 0.168 e. The maximum absolute atomic E-state index is 3.46. The van der Waals surface area contributed by atoms with Crippen LogP contribution < -0.4 is 15.9 Å². The second-order valence-corrected chi connectivity index (χ2v) is 10.5. The molecule has 0 spiro atoms. The van der Waals surface area contributed by atoms with Gasteiger partial charge in [0.15, 0.2) is 0 Å². The molecule has 0 atom stereocenters. The quantitative estimate of drug-likeness (QED) is 0.0927. The van der Waals surface area contributed by atoms with Crippen LogP contribution in [0.4, 0.5) is 0 Å². The Hall–Kier alpha value is -3.28. The SMILES string of the molecule is C=CC=CC.[Ti+2].c1ccc(P(c2ccccc2)c2cc3ccccc3[cH-]2)cc1.c1ccc2[cH-]ccc2c1. The van der Waals surface area contributed by atoms with Crippen molar-refractivity contribution in [1.82, 2.24) is 0 Å². The first-order valence-corrected chi connectivity index (χ1v) is 13.5. The van der Waals surface area contributed by atoms with Crippen LogP contribution >= 0.6 is 7.92 Å². The summed E-state index contributed by atoms with van der Waals surface area (Å²) in [5.74, 6) is 0. The fourth-order valence-electron chi connectivity index (χ4n) is 4.07. The predicted octanol–water partition coefficient (Wildman–Crippen LogP) is 8.62. The van der Waals surface area contributed by atoms with E-state index in [0.717, 1.165) is 0 Å². The van der Waals surface area contributed by atoms with Crippen molar-refractivity contribution in [2.24, 2.45) is 0 Å². The zero-order valence-corrected chi connectivity index (χ0v) is 23.6. The van der Waals surface area contributed by atoms with E-state index in [9.17, 15) is 0 Å². The van der Waals surface area contributed by atoms with Crippen LogP contribution in [0, 0.1) is 0 Å². The Bertz CT molecular complexity index is 1400. The van der Waals surface area contributed by atoms with E-state index in [0.29, 0.717) is 0 Å². The van der Waals surface area contributed by atoms with Gasteiger partial charge in [-0.3, -0.25) is 0 Å². The fraction of sp³-hybridized carbons (Fsp3) is 0.0286. The summed E-state index contributed by atoms with van der Waals surface area (Å²) >= 11 is 0. The molecule has 0 saturated heterocycles. The van der Waals surface area contributed by atoms with Crippen molar-refractivity contribution in [2.45, 2.75) is 6.92 Å². The van der Waals surface area contributed by atoms with Crippen molar-refractivity contribution in [2.75, 3.05) is 0 Å². The molecule has 0 fully saturated rings. The number of fused-ring (bicyclic) bond motifs is 2. The van der Waals surface area contributed by atoms with E-state index in [1.165, 1.54) is 37.5 Å². The van der Waals surface area contributed by atoms with Gasteiger partial charge in [0.05, 0.1) is 0 Å². The molecule has 6 aromatic rings. The first-order chi connectivity index (χ1) is 17.8. The number of hydrogen-bond donors (Lipinski definition) is 0. The Morgan fingerprint density at radius 2 is 1.19 bits per heavy atom. The fourth-order valence-corrected chi connectivity index (χ4v) is 6.44. The Labute approximate surface area is 237 Å². The number of benzene rings is 4. The second kappa shape index (κ2) is 15.1. The summed E-state index contributed by atoms with van der Waals surface area (Å²) in [6.07, 6.45) is 5.58. The topological polar surface area (TPSA) is 0 Å². The Morgan fingerprint density at radius 3 is 1.70 bits per heavy atom. The first-order valence-electron chi connectivity index (χ1n) is 12.2. The summed E-state index contributed by atoms with van der Waals surface area (Å²) < 4.78 is 0. The standard InChI is InChI=1S/C21H16P.C9H7.C5H8.Ti/c1-3-11-19(12-4-1)22(20-13-5-2-6-14-20)21-15-17-9-7-8-10-18(17)16-21;1-2-5-9-7-3-6-8(9)4-1;1-3-5-4-2;/h1-16H;1-7H;3-5H,1H2,2H3;/q2*-1;;+2. The van der Waals surface area contributed by atoms with Crippen molar-refractivity contribution in [3.8, 4) is 0 Å². The van der Waals surface area contributed by atoms with Crippen LogP contribution in [0.15, 0.2) is 164 Å². The largest absolute Gasteiger partial charge is 2.00 e. The Balaban J connectivity index is 0.000000210. The van der Waals surface area contributed by atoms with Gasteiger partial charge in [-0.25, -0.2) is 0 Å². The van der Waals surface area contributed by atoms with E-state index >= 15 is 0 Å². The molecule has 180 valence electrons. The van der Waals surface area contributed by atoms with Gasteiger partial charge < -0.3 is 0 Å². The third-order valence-corrected chi connectivity index (χ3v) is 8.17. The van der Waals surface area contributed by atoms with E-state index in [2.05, 4.69) is 146 Å². The summed E-state index contributed by atoms with van der Waals surface area (Å²) in [4.78, 5) is 0. The minimum absolute atomic E-state index is 0. The molecule has 0 aliphatic carbocycles. The third-order valence-electron chi connectivity index (χ3n) is 5.77. The molecule has 0 aliphatic heterocycles. The molecule has 0 saturated carbocycles. The van der Waals surface area contributed by atoms with Gasteiger partial charge in [-0.2, -0.15) is 23.6 Å². The first kappa shape index (κ1) is 28.3. The van der Waals surface area contributed by atoms with Crippen molar-refractivity contribution >= 4 is 45.4 Å². The summed E-state index contributed by atoms with van der Waals surface area (Å²) in [5.41, 5.74) is 0. The van der Waals surface area contributed by atoms with Crippen molar-refractivity contribution in [1.29, 1.82) is 0 Å². The predicted molar refractivity (Wildman–Crippen MR) is 163 cm³/mol. The zero-order valence-electron chi connectivity index (χ0n) is 21.2. The van der Waals surface area contributed by atoms with Crippen LogP contribution in [0.3, 0.4) is 0 Å². The maximum Gasteiger partial charge on any atom is 2.00 e. The molecule has 6 aromatic carbocycles. The third kappa shape index (κ3) is 7.85. The molecular weight excluding hydrogens is 499 g/mol. The zero-order chi connectivity index (χ0) is 25.0. The molecule has 0 aromatic heterocycles. The average Bonchev–Trinajstić information content (AvgIpc) is 3.58. The molecule has 37 heavy (non-hydrogen) atoms. The average molecular weight is 530 g/mol. The van der Waals surface area contributed by atoms with Gasteiger partial charge in [0.1, 0.15) is 0 Å². The summed E-state index contributed by atoms with van der Waals surface area (Å²) in [7, 11) is -0.493. The van der Waals surface area contributed by atoms with Gasteiger partial charge in [-0.05, 0) is 25.5 Å². The molecule has 0 nitrogen and oxygen atoms in total. The molecule has 0 radical (unpaired) electrons. The molecule has 0 N–H and O–H groups in total. The van der Waals surface area contributed by atoms with Crippen LogP contribution in [-0.2, 0) is 21.7 Å². The number of hydrogen-bond acceptors (Lipinski definition) is 0. The summed E-state index contributed by atoms with van der Waals surface area (Å²) in [6, 6.07) is 49.7.